The quantitative estimate of drug-likeness (QED) is 0.910. The Morgan fingerprint density at radius 2 is 2.14 bits per heavy atom. The zero-order valence-corrected chi connectivity index (χ0v) is 13.8. The summed E-state index contributed by atoms with van der Waals surface area (Å²) in [5.41, 5.74) is 0.934. The van der Waals surface area contributed by atoms with E-state index in [2.05, 4.69) is 27.1 Å². The van der Waals surface area contributed by atoms with Crippen LogP contribution < -0.4 is 10.2 Å². The fraction of sp³-hybridized carbons (Fsp3) is 0.412. The number of halogens is 1. The number of aromatic nitrogens is 2. The van der Waals surface area contributed by atoms with Gasteiger partial charge in [-0.25, -0.2) is 9.97 Å². The molecule has 1 aromatic heterocycles. The van der Waals surface area contributed by atoms with E-state index < -0.39 is 0 Å². The summed E-state index contributed by atoms with van der Waals surface area (Å²) in [5, 5.41) is 4.02. The Kier molecular flexibility index (Phi) is 4.48. The molecule has 0 bridgehead atoms. The SMILES string of the molecule is Cc1nc(Nc2cccc(Cl)c2)cc(N2CCCC(C)C2)n1. The Bertz CT molecular complexity index is 659. The summed E-state index contributed by atoms with van der Waals surface area (Å²) in [4.78, 5) is 11.4. The Morgan fingerprint density at radius 3 is 2.91 bits per heavy atom. The van der Waals surface area contributed by atoms with Gasteiger partial charge in [0.05, 0.1) is 0 Å². The average Bonchev–Trinajstić information content (AvgIpc) is 2.46. The van der Waals surface area contributed by atoms with Crippen LogP contribution in [0.25, 0.3) is 0 Å². The lowest BCUT2D eigenvalue weighted by molar-refractivity contribution is 0.444. The first kappa shape index (κ1) is 15.1. The third kappa shape index (κ3) is 3.69. The lowest BCUT2D eigenvalue weighted by Gasteiger charge is -2.32. The van der Waals surface area contributed by atoms with Crippen LogP contribution in [0.15, 0.2) is 30.3 Å². The molecule has 3 rings (SSSR count). The van der Waals surface area contributed by atoms with E-state index in [4.69, 9.17) is 11.6 Å². The fourth-order valence-electron chi connectivity index (χ4n) is 2.89. The summed E-state index contributed by atoms with van der Waals surface area (Å²) in [6, 6.07) is 9.67. The highest BCUT2D eigenvalue weighted by Crippen LogP contribution is 2.25. The number of nitrogens with one attached hydrogen (secondary N) is 1. The molecule has 1 aliphatic heterocycles. The van der Waals surface area contributed by atoms with Crippen LogP contribution >= 0.6 is 11.6 Å². The van der Waals surface area contributed by atoms with Gasteiger partial charge in [-0.3, -0.25) is 0 Å². The molecule has 5 heteroatoms. The van der Waals surface area contributed by atoms with Crippen molar-refractivity contribution in [3.05, 3.63) is 41.2 Å². The number of hydrogen-bond acceptors (Lipinski definition) is 4. The van der Waals surface area contributed by atoms with E-state index in [-0.39, 0.29) is 0 Å². The molecule has 1 atom stereocenters. The largest absolute Gasteiger partial charge is 0.356 e. The first-order valence-electron chi connectivity index (χ1n) is 7.73. The summed E-state index contributed by atoms with van der Waals surface area (Å²) in [6.07, 6.45) is 2.52. The molecule has 116 valence electrons. The van der Waals surface area contributed by atoms with Gasteiger partial charge in [-0.15, -0.1) is 0 Å². The molecule has 1 aromatic carbocycles. The number of aryl methyl sites for hydroxylation is 1. The number of benzene rings is 1. The molecular formula is C17H21ClN4. The Labute approximate surface area is 136 Å². The van der Waals surface area contributed by atoms with E-state index in [0.29, 0.717) is 10.9 Å². The third-order valence-electron chi connectivity index (χ3n) is 3.90. The summed E-state index contributed by atoms with van der Waals surface area (Å²) in [6.45, 7) is 6.36. The van der Waals surface area contributed by atoms with Gasteiger partial charge in [0, 0.05) is 29.9 Å². The molecule has 2 heterocycles. The van der Waals surface area contributed by atoms with Crippen molar-refractivity contribution in [1.29, 1.82) is 0 Å². The zero-order chi connectivity index (χ0) is 15.5. The number of nitrogens with zero attached hydrogens (tertiary/aromatic N) is 3. The van der Waals surface area contributed by atoms with Gasteiger partial charge in [0.25, 0.3) is 0 Å². The zero-order valence-electron chi connectivity index (χ0n) is 13.0. The van der Waals surface area contributed by atoms with Gasteiger partial charge in [0.15, 0.2) is 0 Å². The Hall–Kier alpha value is -1.81. The molecular weight excluding hydrogens is 296 g/mol. The van der Waals surface area contributed by atoms with Crippen molar-refractivity contribution in [3.63, 3.8) is 0 Å². The fourth-order valence-corrected chi connectivity index (χ4v) is 3.08. The molecule has 1 N–H and O–H groups in total. The molecule has 0 radical (unpaired) electrons. The molecule has 1 fully saturated rings. The van der Waals surface area contributed by atoms with Gasteiger partial charge in [0.1, 0.15) is 17.5 Å². The lowest BCUT2D eigenvalue weighted by Crippen LogP contribution is -2.35. The van der Waals surface area contributed by atoms with Crippen molar-refractivity contribution in [2.75, 3.05) is 23.3 Å². The van der Waals surface area contributed by atoms with Crippen molar-refractivity contribution in [1.82, 2.24) is 9.97 Å². The van der Waals surface area contributed by atoms with Crippen molar-refractivity contribution >= 4 is 28.9 Å². The molecule has 1 unspecified atom stereocenters. The summed E-state index contributed by atoms with van der Waals surface area (Å²) in [5.74, 6) is 3.31. The first-order chi connectivity index (χ1) is 10.6. The van der Waals surface area contributed by atoms with Crippen molar-refractivity contribution < 1.29 is 0 Å². The lowest BCUT2D eigenvalue weighted by atomic mass is 10.0. The average molecular weight is 317 g/mol. The second-order valence-corrected chi connectivity index (χ2v) is 6.42. The van der Waals surface area contributed by atoms with Crippen LogP contribution in [0.4, 0.5) is 17.3 Å². The summed E-state index contributed by atoms with van der Waals surface area (Å²) in [7, 11) is 0. The highest BCUT2D eigenvalue weighted by molar-refractivity contribution is 6.30. The number of rotatable bonds is 3. The van der Waals surface area contributed by atoms with E-state index in [0.717, 1.165) is 36.2 Å². The minimum atomic E-state index is 0.709. The van der Waals surface area contributed by atoms with Gasteiger partial charge in [-0.05, 0) is 43.9 Å². The Balaban J connectivity index is 1.83. The van der Waals surface area contributed by atoms with Gasteiger partial charge in [0.2, 0.25) is 0 Å². The molecule has 0 amide bonds. The standard InChI is InChI=1S/C17H21ClN4/c1-12-5-4-8-22(11-12)17-10-16(19-13(2)20-17)21-15-7-3-6-14(18)9-15/h3,6-7,9-10,12H,4-5,8,11H2,1-2H3,(H,19,20,21). The van der Waals surface area contributed by atoms with Gasteiger partial charge < -0.3 is 10.2 Å². The van der Waals surface area contributed by atoms with Crippen LogP contribution in [-0.2, 0) is 0 Å². The van der Waals surface area contributed by atoms with Crippen molar-refractivity contribution in [3.8, 4) is 0 Å². The minimum absolute atomic E-state index is 0.709. The van der Waals surface area contributed by atoms with Crippen LogP contribution in [0.2, 0.25) is 5.02 Å². The Morgan fingerprint density at radius 1 is 1.27 bits per heavy atom. The smallest absolute Gasteiger partial charge is 0.136 e. The second kappa shape index (κ2) is 6.53. The monoisotopic (exact) mass is 316 g/mol. The predicted molar refractivity (Wildman–Crippen MR) is 92.1 cm³/mol. The van der Waals surface area contributed by atoms with Crippen LogP contribution in [0.5, 0.6) is 0 Å². The normalized spacial score (nSPS) is 18.3. The molecule has 0 saturated carbocycles. The molecule has 0 spiro atoms. The first-order valence-corrected chi connectivity index (χ1v) is 8.11. The highest BCUT2D eigenvalue weighted by Gasteiger charge is 2.18. The van der Waals surface area contributed by atoms with Gasteiger partial charge >= 0.3 is 0 Å². The number of piperidine rings is 1. The van der Waals surface area contributed by atoms with Crippen LogP contribution in [0.3, 0.4) is 0 Å². The number of hydrogen-bond donors (Lipinski definition) is 1. The van der Waals surface area contributed by atoms with Crippen LogP contribution in [0, 0.1) is 12.8 Å². The van der Waals surface area contributed by atoms with Crippen LogP contribution in [-0.4, -0.2) is 23.1 Å². The summed E-state index contributed by atoms with van der Waals surface area (Å²) < 4.78 is 0. The van der Waals surface area contributed by atoms with Crippen molar-refractivity contribution in [2.45, 2.75) is 26.7 Å². The molecule has 1 saturated heterocycles. The maximum Gasteiger partial charge on any atom is 0.136 e. The van der Waals surface area contributed by atoms with E-state index in [1.54, 1.807) is 0 Å². The van der Waals surface area contributed by atoms with E-state index >= 15 is 0 Å². The van der Waals surface area contributed by atoms with Crippen LogP contribution in [0.1, 0.15) is 25.6 Å². The molecule has 1 aliphatic rings. The second-order valence-electron chi connectivity index (χ2n) is 5.99. The summed E-state index contributed by atoms with van der Waals surface area (Å²) >= 11 is 6.03. The third-order valence-corrected chi connectivity index (χ3v) is 4.14. The van der Waals surface area contributed by atoms with E-state index in [1.165, 1.54) is 12.8 Å². The maximum absolute atomic E-state index is 6.03. The topological polar surface area (TPSA) is 41.1 Å². The predicted octanol–water partition coefficient (Wildman–Crippen LogP) is 4.42. The van der Waals surface area contributed by atoms with E-state index in [1.807, 2.05) is 37.3 Å². The van der Waals surface area contributed by atoms with Gasteiger partial charge in [-0.1, -0.05) is 24.6 Å². The highest BCUT2D eigenvalue weighted by atomic mass is 35.5. The van der Waals surface area contributed by atoms with E-state index in [9.17, 15) is 0 Å². The maximum atomic E-state index is 6.03. The minimum Gasteiger partial charge on any atom is -0.356 e. The van der Waals surface area contributed by atoms with Crippen molar-refractivity contribution in [2.24, 2.45) is 5.92 Å². The molecule has 2 aromatic rings. The van der Waals surface area contributed by atoms with Gasteiger partial charge in [-0.2, -0.15) is 0 Å². The number of anilines is 3. The molecule has 22 heavy (non-hydrogen) atoms. The molecule has 0 aliphatic carbocycles. The molecule has 4 nitrogen and oxygen atoms in total.